The summed E-state index contributed by atoms with van der Waals surface area (Å²) >= 11 is 0. The van der Waals surface area contributed by atoms with Crippen LogP contribution < -0.4 is 21.3 Å². The van der Waals surface area contributed by atoms with Gasteiger partial charge in [0.05, 0.1) is 18.9 Å². The van der Waals surface area contributed by atoms with E-state index in [1.54, 1.807) is 13.8 Å². The van der Waals surface area contributed by atoms with Crippen molar-refractivity contribution in [3.8, 4) is 0 Å². The molecule has 7 fully saturated rings. The average Bonchev–Trinajstić information content (AvgIpc) is 1.77. The van der Waals surface area contributed by atoms with Gasteiger partial charge in [-0.15, -0.1) is 0 Å². The van der Waals surface area contributed by atoms with Gasteiger partial charge in [0.1, 0.15) is 66.1 Å². The van der Waals surface area contributed by atoms with Crippen LogP contribution in [0.25, 0.3) is 0 Å². The maximum atomic E-state index is 15.6. The number of rotatable bonds is 12. The number of hydrogen-bond donors (Lipinski definition) is 4. The molecule has 0 aromatic rings. The summed E-state index contributed by atoms with van der Waals surface area (Å²) in [5.74, 6) is -11.6. The minimum atomic E-state index is -4.75. The number of nitrogens with zero attached hydrogens (tertiary/aromatic N) is 8. The summed E-state index contributed by atoms with van der Waals surface area (Å²) in [5, 5.41) is 11.5. The van der Waals surface area contributed by atoms with Crippen LogP contribution in [0.1, 0.15) is 202 Å². The summed E-state index contributed by atoms with van der Waals surface area (Å²) in [6.07, 6.45) is 1.14. The predicted octanol–water partition coefficient (Wildman–Crippen LogP) is 5.48. The predicted molar refractivity (Wildman–Crippen MR) is 361 cm³/mol. The summed E-state index contributed by atoms with van der Waals surface area (Å²) in [6.45, 7) is 9.99. The van der Waals surface area contributed by atoms with Crippen LogP contribution in [0.4, 0.5) is 17.6 Å². The summed E-state index contributed by atoms with van der Waals surface area (Å²) in [6, 6.07) is -11.0. The second-order valence-corrected chi connectivity index (χ2v) is 30.5. The van der Waals surface area contributed by atoms with E-state index in [9.17, 15) is 46.7 Å². The smallest absolute Gasteiger partial charge is 0.347 e. The highest BCUT2D eigenvalue weighted by molar-refractivity contribution is 6.01. The van der Waals surface area contributed by atoms with Crippen LogP contribution >= 0.6 is 0 Å². The zero-order valence-corrected chi connectivity index (χ0v) is 60.7. The third kappa shape index (κ3) is 19.1. The third-order valence-electron chi connectivity index (χ3n) is 22.9. The Kier molecular flexibility index (Phi) is 28.0. The Morgan fingerprint density at radius 3 is 1.85 bits per heavy atom. The SMILES string of the molecule is CC[C@H](C)[C@@H]1NC(=O)[C@H](CC(C)C)N(CC)C(=O)C[C@@H](C(=O)N(C)C)N(C)C(=O)[C@H](C2CCCC2)N(C)C(=O)C2(CCCC2)NC(=O)[C@@H]2CCCN2C(=O)[C@H](CCC2CCC(C(F)(F)F)C(F)C2)NC(=O)CN(C)C(=O)[C@H](CC2CCCCC2)N(C)C(=O)[C@@H]2CCN2C(=O)[C@H](C)NC1=O. The first kappa shape index (κ1) is 79.7. The van der Waals surface area contributed by atoms with Crippen LogP contribution in [-0.2, 0) is 57.5 Å². The number of fused-ring (bicyclic) bond motifs is 2. The summed E-state index contributed by atoms with van der Waals surface area (Å²) < 4.78 is 56.9. The lowest BCUT2D eigenvalue weighted by atomic mass is 9.78. The van der Waals surface area contributed by atoms with Gasteiger partial charge in [-0.1, -0.05) is 91.9 Å². The Bertz CT molecular complexity index is 2900. The fourth-order valence-corrected chi connectivity index (χ4v) is 16.6. The fourth-order valence-electron chi connectivity index (χ4n) is 16.6. The second-order valence-electron chi connectivity index (χ2n) is 30.5. The van der Waals surface area contributed by atoms with Gasteiger partial charge in [0, 0.05) is 61.9 Å². The first-order chi connectivity index (χ1) is 46.7. The van der Waals surface area contributed by atoms with Crippen molar-refractivity contribution in [1.82, 2.24) is 60.5 Å². The molecule has 1 spiro atoms. The highest BCUT2D eigenvalue weighted by Gasteiger charge is 2.53. The Morgan fingerprint density at radius 1 is 0.636 bits per heavy atom. The van der Waals surface area contributed by atoms with Crippen molar-refractivity contribution < 1.29 is 75.1 Å². The number of alkyl halides is 4. The standard InChI is InChI=1S/C71H114F4N12O12/c1-13-43(5)58-62(92)76-44(6)63(93)87-36-32-52(87)67(97)82(10)54(39-45-23-16-15-17-24-45)66(96)81(9)41-56(88)77-50(31-29-46-28-30-48(49(72)38-46)71(73,74)75)64(94)86-35-22-27-51(86)61(91)79-70(33-20-21-34-70)69(99)84(12)59(47-25-18-19-26-47)68(98)83(11)55(65(95)80(7)8)40-57(89)85(14-2)53(37-42(3)4)60(90)78-58/h42-55,58-59H,13-41H2,1-12H3,(H,76,92)(H,77,88)(H,78,90)(H,79,91)/t43-,44-,46?,48?,49?,50-,51-,52-,53-,54-,55-,58-,59-/m0/s1. The molecule has 0 aromatic heterocycles. The van der Waals surface area contributed by atoms with E-state index in [-0.39, 0.29) is 89.3 Å². The topological polar surface area (TPSA) is 279 Å². The lowest BCUT2D eigenvalue weighted by molar-refractivity contribution is -0.201. The van der Waals surface area contributed by atoms with Crippen LogP contribution in [0.15, 0.2) is 0 Å². The fraction of sp³-hybridized carbons (Fsp3) is 0.831. The van der Waals surface area contributed by atoms with Gasteiger partial charge in [0.15, 0.2) is 0 Å². The number of halogens is 4. The van der Waals surface area contributed by atoms with Crippen molar-refractivity contribution in [2.75, 3.05) is 68.5 Å². The Morgan fingerprint density at radius 2 is 1.27 bits per heavy atom. The van der Waals surface area contributed by atoms with Gasteiger partial charge < -0.3 is 60.5 Å². The molecule has 4 N–H and O–H groups in total. The van der Waals surface area contributed by atoms with Crippen molar-refractivity contribution in [3.63, 3.8) is 0 Å². The van der Waals surface area contributed by atoms with Crippen molar-refractivity contribution in [1.29, 1.82) is 0 Å². The van der Waals surface area contributed by atoms with E-state index < -0.39 is 193 Å². The maximum absolute atomic E-state index is 15.6. The van der Waals surface area contributed by atoms with E-state index in [1.807, 2.05) is 20.8 Å². The van der Waals surface area contributed by atoms with Crippen LogP contribution in [0.3, 0.4) is 0 Å². The van der Waals surface area contributed by atoms with E-state index >= 15 is 28.4 Å². The van der Waals surface area contributed by atoms with Crippen LogP contribution in [0.5, 0.6) is 0 Å². The Balaban J connectivity index is 1.27. The van der Waals surface area contributed by atoms with Crippen LogP contribution in [0, 0.1) is 35.5 Å². The van der Waals surface area contributed by atoms with Gasteiger partial charge in [0.25, 0.3) is 0 Å². The molecule has 12 amide bonds. The van der Waals surface area contributed by atoms with Gasteiger partial charge in [-0.25, -0.2) is 4.39 Å². The number of carbonyl (C=O) groups is 12. The highest BCUT2D eigenvalue weighted by atomic mass is 19.4. The minimum absolute atomic E-state index is 0.00127. The largest absolute Gasteiger partial charge is 0.394 e. The number of nitrogens with one attached hydrogen (secondary N) is 4. The second kappa shape index (κ2) is 34.8. The molecule has 3 heterocycles. The van der Waals surface area contributed by atoms with E-state index in [4.69, 9.17) is 0 Å². The molecule has 3 saturated heterocycles. The molecule has 0 aromatic carbocycles. The van der Waals surface area contributed by atoms with Gasteiger partial charge in [-0.05, 0) is 133 Å². The summed E-state index contributed by atoms with van der Waals surface area (Å²) in [7, 11) is 8.72. The Labute approximate surface area is 582 Å². The van der Waals surface area contributed by atoms with Crippen molar-refractivity contribution in [2.24, 2.45) is 35.5 Å². The molecular formula is C71H114F4N12O12. The van der Waals surface area contributed by atoms with Gasteiger partial charge in [0.2, 0.25) is 70.9 Å². The van der Waals surface area contributed by atoms with Gasteiger partial charge in [-0.2, -0.15) is 13.2 Å². The molecule has 99 heavy (non-hydrogen) atoms. The maximum Gasteiger partial charge on any atom is 0.394 e. The molecular weight excluding hydrogens is 1290 g/mol. The highest BCUT2D eigenvalue weighted by Crippen LogP contribution is 2.43. The van der Waals surface area contributed by atoms with E-state index in [1.165, 1.54) is 83.5 Å². The van der Waals surface area contributed by atoms with Crippen molar-refractivity contribution >= 4 is 70.9 Å². The minimum Gasteiger partial charge on any atom is -0.347 e. The molecule has 3 aliphatic heterocycles. The number of likely N-dealkylation sites (N-methyl/N-ethyl adjacent to an activating group) is 6. The zero-order valence-electron chi connectivity index (χ0n) is 60.7. The van der Waals surface area contributed by atoms with E-state index in [2.05, 4.69) is 21.3 Å². The first-order valence-corrected chi connectivity index (χ1v) is 36.8. The zero-order chi connectivity index (χ0) is 73.1. The molecule has 558 valence electrons. The molecule has 4 saturated carbocycles. The number of carbonyl (C=O) groups excluding carboxylic acids is 12. The van der Waals surface area contributed by atoms with Crippen molar-refractivity contribution in [2.45, 2.75) is 274 Å². The number of hydrogen-bond acceptors (Lipinski definition) is 12. The molecule has 0 bridgehead atoms. The van der Waals surface area contributed by atoms with E-state index in [0.717, 1.165) is 49.8 Å². The molecule has 7 rings (SSSR count). The van der Waals surface area contributed by atoms with Gasteiger partial charge >= 0.3 is 6.18 Å². The van der Waals surface area contributed by atoms with Crippen LogP contribution in [-0.4, -0.2) is 251 Å². The molecule has 24 nitrogen and oxygen atoms in total. The molecule has 3 unspecified atom stereocenters. The van der Waals surface area contributed by atoms with E-state index in [0.29, 0.717) is 38.5 Å². The Hall–Kier alpha value is -6.64. The monoisotopic (exact) mass is 1400 g/mol. The summed E-state index contributed by atoms with van der Waals surface area (Å²) in [4.78, 5) is 189. The van der Waals surface area contributed by atoms with Crippen molar-refractivity contribution in [3.05, 3.63) is 0 Å². The lowest BCUT2D eigenvalue weighted by Crippen LogP contribution is -2.65. The molecule has 7 aliphatic rings. The molecule has 4 aliphatic carbocycles. The lowest BCUT2D eigenvalue weighted by Gasteiger charge is -2.44. The quantitative estimate of drug-likeness (QED) is 0.177. The molecule has 28 heteroatoms. The van der Waals surface area contributed by atoms with Gasteiger partial charge in [-0.3, -0.25) is 57.5 Å². The third-order valence-corrected chi connectivity index (χ3v) is 22.9. The van der Waals surface area contributed by atoms with Crippen LogP contribution in [0.2, 0.25) is 0 Å². The molecule has 13 atom stereocenters. The number of amides is 12. The first-order valence-electron chi connectivity index (χ1n) is 36.8. The normalized spacial score (nSPS) is 31.0. The average molecular weight is 1400 g/mol. The summed E-state index contributed by atoms with van der Waals surface area (Å²) in [5.41, 5.74) is -1.57. The molecule has 0 radical (unpaired) electrons.